The summed E-state index contributed by atoms with van der Waals surface area (Å²) in [6, 6.07) is 0. The van der Waals surface area contributed by atoms with Gasteiger partial charge in [-0.15, -0.1) is 0 Å². The predicted molar refractivity (Wildman–Crippen MR) is 88.1 cm³/mol. The van der Waals surface area contributed by atoms with Gasteiger partial charge in [0.1, 0.15) is 0 Å². The summed E-state index contributed by atoms with van der Waals surface area (Å²) in [4.78, 5) is 12.4. The van der Waals surface area contributed by atoms with Crippen LogP contribution in [0, 0.1) is 5.92 Å². The standard InChI is InChI=1S/C16H24ClN3O/c1-5-7-12(3)14(13(4)18-6-2)8-11-21-16-15(17)19-9-10-20-16/h6,9-10,12H,5,7-8,11H2,1-4H3/b14-13-,18-6-. The molecule has 0 aliphatic heterocycles. The fourth-order valence-electron chi connectivity index (χ4n) is 2.33. The Labute approximate surface area is 132 Å². The molecule has 1 unspecified atom stereocenters. The number of halogens is 1. The molecule has 0 spiro atoms. The summed E-state index contributed by atoms with van der Waals surface area (Å²) in [7, 11) is 0. The topological polar surface area (TPSA) is 47.4 Å². The molecule has 0 fully saturated rings. The molecule has 1 atom stereocenters. The van der Waals surface area contributed by atoms with Crippen molar-refractivity contribution < 1.29 is 4.74 Å². The van der Waals surface area contributed by atoms with Crippen LogP contribution in [0.5, 0.6) is 5.88 Å². The molecule has 0 amide bonds. The molecule has 21 heavy (non-hydrogen) atoms. The zero-order chi connectivity index (χ0) is 15.7. The Morgan fingerprint density at radius 2 is 2.14 bits per heavy atom. The molecule has 0 saturated carbocycles. The average Bonchev–Trinajstić information content (AvgIpc) is 2.45. The van der Waals surface area contributed by atoms with E-state index >= 15 is 0 Å². The Morgan fingerprint density at radius 3 is 2.76 bits per heavy atom. The fraction of sp³-hybridized carbons (Fsp3) is 0.562. The van der Waals surface area contributed by atoms with Crippen LogP contribution < -0.4 is 4.74 Å². The van der Waals surface area contributed by atoms with Gasteiger partial charge in [0.05, 0.1) is 6.61 Å². The van der Waals surface area contributed by atoms with Crippen molar-refractivity contribution in [2.45, 2.75) is 47.0 Å². The molecule has 0 aliphatic carbocycles. The second kappa shape index (κ2) is 9.50. The van der Waals surface area contributed by atoms with Crippen LogP contribution in [-0.4, -0.2) is 22.8 Å². The molecule has 5 heteroatoms. The lowest BCUT2D eigenvalue weighted by atomic mass is 9.92. The van der Waals surface area contributed by atoms with E-state index in [0.29, 0.717) is 23.6 Å². The lowest BCUT2D eigenvalue weighted by Crippen LogP contribution is -2.08. The molecule has 0 bridgehead atoms. The van der Waals surface area contributed by atoms with Gasteiger partial charge in [0.15, 0.2) is 5.15 Å². The Balaban J connectivity index is 2.70. The van der Waals surface area contributed by atoms with Gasteiger partial charge in [-0.2, -0.15) is 0 Å². The van der Waals surface area contributed by atoms with E-state index in [4.69, 9.17) is 16.3 Å². The Kier molecular flexibility index (Phi) is 7.98. The van der Waals surface area contributed by atoms with Crippen molar-refractivity contribution in [1.29, 1.82) is 0 Å². The van der Waals surface area contributed by atoms with Crippen molar-refractivity contribution in [2.75, 3.05) is 6.61 Å². The van der Waals surface area contributed by atoms with Crippen LogP contribution in [-0.2, 0) is 0 Å². The summed E-state index contributed by atoms with van der Waals surface area (Å²) >= 11 is 5.93. The summed E-state index contributed by atoms with van der Waals surface area (Å²) in [6.45, 7) is 8.95. The lowest BCUT2D eigenvalue weighted by molar-refractivity contribution is 0.302. The first-order valence-corrected chi connectivity index (χ1v) is 7.75. The average molecular weight is 310 g/mol. The van der Waals surface area contributed by atoms with Gasteiger partial charge in [-0.05, 0) is 31.8 Å². The van der Waals surface area contributed by atoms with E-state index in [1.165, 1.54) is 5.57 Å². The van der Waals surface area contributed by atoms with Crippen molar-refractivity contribution in [3.05, 3.63) is 28.8 Å². The summed E-state index contributed by atoms with van der Waals surface area (Å²) in [6.07, 6.45) is 8.07. The van der Waals surface area contributed by atoms with Crippen LogP contribution in [0.3, 0.4) is 0 Å². The van der Waals surface area contributed by atoms with Gasteiger partial charge < -0.3 is 4.74 Å². The van der Waals surface area contributed by atoms with Crippen LogP contribution in [0.2, 0.25) is 5.15 Å². The van der Waals surface area contributed by atoms with E-state index in [1.54, 1.807) is 12.4 Å². The minimum Gasteiger partial charge on any atom is -0.475 e. The molecule has 1 rings (SSSR count). The van der Waals surface area contributed by atoms with Crippen molar-refractivity contribution in [3.63, 3.8) is 0 Å². The number of hydrogen-bond acceptors (Lipinski definition) is 4. The van der Waals surface area contributed by atoms with E-state index in [2.05, 4.69) is 35.7 Å². The van der Waals surface area contributed by atoms with Crippen molar-refractivity contribution in [3.8, 4) is 5.88 Å². The van der Waals surface area contributed by atoms with Gasteiger partial charge in [-0.3, -0.25) is 4.99 Å². The molecule has 0 saturated heterocycles. The number of hydrogen-bond donors (Lipinski definition) is 0. The maximum absolute atomic E-state index is 5.93. The predicted octanol–water partition coefficient (Wildman–Crippen LogP) is 4.70. The molecule has 0 aromatic carbocycles. The van der Waals surface area contributed by atoms with Gasteiger partial charge in [0, 0.05) is 30.7 Å². The zero-order valence-electron chi connectivity index (χ0n) is 13.3. The number of ether oxygens (including phenoxy) is 1. The molecule has 1 heterocycles. The van der Waals surface area contributed by atoms with Gasteiger partial charge in [-0.1, -0.05) is 31.9 Å². The van der Waals surface area contributed by atoms with E-state index in [0.717, 1.165) is 25.0 Å². The molecule has 0 radical (unpaired) electrons. The van der Waals surface area contributed by atoms with Gasteiger partial charge >= 0.3 is 0 Å². The monoisotopic (exact) mass is 309 g/mol. The van der Waals surface area contributed by atoms with Crippen LogP contribution in [0.15, 0.2) is 28.7 Å². The smallest absolute Gasteiger partial charge is 0.252 e. The summed E-state index contributed by atoms with van der Waals surface area (Å²) in [5.74, 6) is 0.887. The minimum atomic E-state index is 0.299. The van der Waals surface area contributed by atoms with E-state index in [-0.39, 0.29) is 0 Å². The zero-order valence-corrected chi connectivity index (χ0v) is 14.0. The Bertz CT molecular complexity index is 500. The molecule has 0 N–H and O–H groups in total. The van der Waals surface area contributed by atoms with Crippen molar-refractivity contribution in [1.82, 2.24) is 9.97 Å². The number of nitrogens with zero attached hydrogens (tertiary/aromatic N) is 3. The third kappa shape index (κ3) is 5.84. The Morgan fingerprint density at radius 1 is 1.43 bits per heavy atom. The molecule has 4 nitrogen and oxygen atoms in total. The first kappa shape index (κ1) is 17.6. The van der Waals surface area contributed by atoms with Crippen LogP contribution in [0.25, 0.3) is 0 Å². The highest BCUT2D eigenvalue weighted by Gasteiger charge is 2.12. The van der Waals surface area contributed by atoms with Crippen LogP contribution in [0.1, 0.15) is 47.0 Å². The molecule has 0 aliphatic rings. The van der Waals surface area contributed by atoms with Gasteiger partial charge in [-0.25, -0.2) is 9.97 Å². The first-order valence-electron chi connectivity index (χ1n) is 7.37. The van der Waals surface area contributed by atoms with Gasteiger partial charge in [0.25, 0.3) is 5.88 Å². The molecular weight excluding hydrogens is 286 g/mol. The molecule has 1 aromatic heterocycles. The lowest BCUT2D eigenvalue weighted by Gasteiger charge is -2.17. The third-order valence-electron chi connectivity index (χ3n) is 3.34. The highest BCUT2D eigenvalue weighted by molar-refractivity contribution is 6.30. The van der Waals surface area contributed by atoms with Gasteiger partial charge in [0.2, 0.25) is 0 Å². The minimum absolute atomic E-state index is 0.299. The normalized spacial score (nSPS) is 14.1. The SMILES string of the molecule is C/C=N\C(C)=C(\CCOc1nccnc1Cl)C(C)CCC. The van der Waals surface area contributed by atoms with E-state index < -0.39 is 0 Å². The summed E-state index contributed by atoms with van der Waals surface area (Å²) in [5, 5.41) is 0.299. The maximum Gasteiger partial charge on any atom is 0.252 e. The maximum atomic E-state index is 5.93. The highest BCUT2D eigenvalue weighted by Crippen LogP contribution is 2.25. The number of aliphatic imine (C=N–C) groups is 1. The second-order valence-corrected chi connectivity index (χ2v) is 5.30. The fourth-order valence-corrected chi connectivity index (χ4v) is 2.49. The third-order valence-corrected chi connectivity index (χ3v) is 3.60. The Hall–Kier alpha value is -1.42. The number of rotatable bonds is 8. The van der Waals surface area contributed by atoms with E-state index in [9.17, 15) is 0 Å². The van der Waals surface area contributed by atoms with Crippen LogP contribution >= 0.6 is 11.6 Å². The van der Waals surface area contributed by atoms with Crippen LogP contribution in [0.4, 0.5) is 0 Å². The summed E-state index contributed by atoms with van der Waals surface area (Å²) in [5.41, 5.74) is 2.40. The molecule has 116 valence electrons. The first-order chi connectivity index (χ1) is 10.1. The molecular formula is C16H24ClN3O. The van der Waals surface area contributed by atoms with E-state index in [1.807, 2.05) is 13.1 Å². The highest BCUT2D eigenvalue weighted by atomic mass is 35.5. The largest absolute Gasteiger partial charge is 0.475 e. The molecule has 1 aromatic rings. The number of aromatic nitrogens is 2. The quantitative estimate of drug-likeness (QED) is 0.654. The second-order valence-electron chi connectivity index (χ2n) is 4.94. The van der Waals surface area contributed by atoms with Crippen molar-refractivity contribution in [2.24, 2.45) is 10.9 Å². The number of allylic oxidation sites excluding steroid dienone is 1. The summed E-state index contributed by atoms with van der Waals surface area (Å²) < 4.78 is 5.63. The van der Waals surface area contributed by atoms with Crippen molar-refractivity contribution >= 4 is 17.8 Å².